The largest absolute Gasteiger partial charge is 0.294 e. The molecule has 0 N–H and O–H groups in total. The van der Waals surface area contributed by atoms with Crippen LogP contribution in [0.1, 0.15) is 168 Å². The number of ketones is 2. The van der Waals surface area contributed by atoms with Crippen LogP contribution < -0.4 is 0 Å². The molecule has 0 aliphatic carbocycles. The predicted octanol–water partition coefficient (Wildman–Crippen LogP) is 16.2. The van der Waals surface area contributed by atoms with Gasteiger partial charge in [0.25, 0.3) is 0 Å². The first kappa shape index (κ1) is 47.9. The number of hydrogen-bond acceptors (Lipinski definition) is 5. The van der Waals surface area contributed by atoms with E-state index in [2.05, 4.69) is 120 Å². The lowest BCUT2D eigenvalue weighted by Crippen LogP contribution is -2.24. The van der Waals surface area contributed by atoms with Crippen molar-refractivity contribution in [2.24, 2.45) is 10.8 Å². The van der Waals surface area contributed by atoms with Crippen LogP contribution in [-0.4, -0.2) is 23.1 Å². The van der Waals surface area contributed by atoms with Gasteiger partial charge in [-0.15, -0.1) is 11.8 Å². The Morgan fingerprint density at radius 2 is 0.845 bits per heavy atom. The molecule has 0 aromatic heterocycles. The van der Waals surface area contributed by atoms with Crippen LogP contribution in [0.4, 0.5) is 0 Å². The molecule has 58 heavy (non-hydrogen) atoms. The van der Waals surface area contributed by atoms with Gasteiger partial charge in [-0.3, -0.25) is 9.59 Å². The Balaban J connectivity index is 1.09. The first-order valence-electron chi connectivity index (χ1n) is 22.4. The fourth-order valence-corrected chi connectivity index (χ4v) is 9.55. The normalized spacial score (nSPS) is 11.9. The number of aryl methyl sites for hydroxylation is 3. The SMILES string of the molecule is CCCCCCCc1ccc(C(=O)C(C)(C)CCCCSc2ccc(Sc3ccc(CCCCC(C)(C)C(=O)c4ccc(CCCCCCS)cc4)cc3)cc2)cc1. The molecule has 0 heterocycles. The minimum Gasteiger partial charge on any atom is -0.294 e. The first-order chi connectivity index (χ1) is 28.0. The van der Waals surface area contributed by atoms with Gasteiger partial charge < -0.3 is 0 Å². The zero-order chi connectivity index (χ0) is 41.6. The number of unbranched alkanes of at least 4 members (excludes halogenated alkanes) is 9. The smallest absolute Gasteiger partial charge is 0.168 e. The lowest BCUT2D eigenvalue weighted by molar-refractivity contribution is 0.0817. The molecule has 314 valence electrons. The second kappa shape index (κ2) is 25.8. The third kappa shape index (κ3) is 17.1. The maximum atomic E-state index is 13.4. The van der Waals surface area contributed by atoms with Crippen LogP contribution >= 0.6 is 36.2 Å². The number of carbonyl (C=O) groups is 2. The second-order valence-electron chi connectivity index (χ2n) is 17.6. The minimum atomic E-state index is -0.359. The Morgan fingerprint density at radius 3 is 1.31 bits per heavy atom. The summed E-state index contributed by atoms with van der Waals surface area (Å²) in [4.78, 5) is 30.5. The van der Waals surface area contributed by atoms with E-state index in [1.54, 1.807) is 11.8 Å². The summed E-state index contributed by atoms with van der Waals surface area (Å²) < 4.78 is 0. The molecule has 2 nitrogen and oxygen atoms in total. The van der Waals surface area contributed by atoms with Crippen molar-refractivity contribution >= 4 is 47.7 Å². The summed E-state index contributed by atoms with van der Waals surface area (Å²) in [6.45, 7) is 10.7. The lowest BCUT2D eigenvalue weighted by atomic mass is 9.79. The molecule has 0 bridgehead atoms. The molecule has 0 saturated heterocycles. The number of rotatable bonds is 29. The Hall–Kier alpha value is -2.73. The van der Waals surface area contributed by atoms with Crippen molar-refractivity contribution in [3.8, 4) is 0 Å². The van der Waals surface area contributed by atoms with Gasteiger partial charge in [0.05, 0.1) is 0 Å². The molecular weight excluding hydrogens is 765 g/mol. The Kier molecular flexibility index (Phi) is 21.3. The fraction of sp³-hybridized carbons (Fsp3) is 0.509. The van der Waals surface area contributed by atoms with Gasteiger partial charge in [-0.05, 0) is 129 Å². The van der Waals surface area contributed by atoms with Crippen molar-refractivity contribution in [1.29, 1.82) is 0 Å². The maximum Gasteiger partial charge on any atom is 0.168 e. The van der Waals surface area contributed by atoms with Crippen molar-refractivity contribution < 1.29 is 9.59 Å². The average molecular weight is 837 g/mol. The second-order valence-corrected chi connectivity index (χ2v) is 20.4. The minimum absolute atomic E-state index is 0.255. The highest BCUT2D eigenvalue weighted by atomic mass is 32.2. The van der Waals surface area contributed by atoms with Gasteiger partial charge in [-0.25, -0.2) is 0 Å². The number of Topliss-reactive ketones (excluding diaryl/α,β-unsaturated/α-hetero) is 2. The number of thiol groups is 1. The van der Waals surface area contributed by atoms with E-state index in [4.69, 9.17) is 0 Å². The molecular formula is C53H72O2S3. The molecule has 0 atom stereocenters. The van der Waals surface area contributed by atoms with Crippen molar-refractivity contribution in [2.75, 3.05) is 11.5 Å². The maximum absolute atomic E-state index is 13.4. The van der Waals surface area contributed by atoms with Crippen LogP contribution in [0.15, 0.2) is 112 Å². The van der Waals surface area contributed by atoms with E-state index in [0.717, 1.165) is 80.4 Å². The molecule has 5 heteroatoms. The zero-order valence-corrected chi connectivity index (χ0v) is 39.0. The molecule has 0 spiro atoms. The summed E-state index contributed by atoms with van der Waals surface area (Å²) in [5, 5.41) is 0. The van der Waals surface area contributed by atoms with Crippen LogP contribution in [0.2, 0.25) is 0 Å². The number of hydrogen-bond donors (Lipinski definition) is 1. The van der Waals surface area contributed by atoms with E-state index >= 15 is 0 Å². The number of carbonyl (C=O) groups excluding carboxylic acids is 2. The summed E-state index contributed by atoms with van der Waals surface area (Å²) in [6.07, 6.45) is 20.6. The highest BCUT2D eigenvalue weighted by Gasteiger charge is 2.29. The average Bonchev–Trinajstić information content (AvgIpc) is 3.23. The highest BCUT2D eigenvalue weighted by Crippen LogP contribution is 2.33. The van der Waals surface area contributed by atoms with Gasteiger partial charge in [0.2, 0.25) is 0 Å². The van der Waals surface area contributed by atoms with Gasteiger partial charge in [-0.1, -0.05) is 158 Å². The molecule has 4 aromatic carbocycles. The molecule has 0 unspecified atom stereocenters. The van der Waals surface area contributed by atoms with Crippen molar-refractivity contribution in [3.05, 3.63) is 125 Å². The summed E-state index contributed by atoms with van der Waals surface area (Å²) in [7, 11) is 0. The summed E-state index contributed by atoms with van der Waals surface area (Å²) in [5.74, 6) is 2.55. The van der Waals surface area contributed by atoms with Crippen molar-refractivity contribution in [3.63, 3.8) is 0 Å². The summed E-state index contributed by atoms with van der Waals surface area (Å²) >= 11 is 8.01. The lowest BCUT2D eigenvalue weighted by Gasteiger charge is -2.23. The van der Waals surface area contributed by atoms with Crippen molar-refractivity contribution in [1.82, 2.24) is 0 Å². The van der Waals surface area contributed by atoms with Crippen molar-refractivity contribution in [2.45, 2.75) is 165 Å². The van der Waals surface area contributed by atoms with Gasteiger partial charge in [0.15, 0.2) is 11.6 Å². The summed E-state index contributed by atoms with van der Waals surface area (Å²) in [6, 6.07) is 34.7. The quantitative estimate of drug-likeness (QED) is 0.0256. The van der Waals surface area contributed by atoms with Crippen LogP contribution in [0, 0.1) is 10.8 Å². The number of thioether (sulfide) groups is 1. The third-order valence-corrected chi connectivity index (χ3v) is 14.0. The molecule has 0 aliphatic heterocycles. The van der Waals surface area contributed by atoms with E-state index in [1.165, 1.54) is 89.2 Å². The van der Waals surface area contributed by atoms with Gasteiger partial charge in [-0.2, -0.15) is 12.6 Å². The monoisotopic (exact) mass is 836 g/mol. The Morgan fingerprint density at radius 1 is 0.466 bits per heavy atom. The van der Waals surface area contributed by atoms with Crippen LogP contribution in [0.5, 0.6) is 0 Å². The van der Waals surface area contributed by atoms with E-state index in [0.29, 0.717) is 0 Å². The molecule has 0 saturated carbocycles. The first-order valence-corrected chi connectivity index (χ1v) is 24.8. The summed E-state index contributed by atoms with van der Waals surface area (Å²) in [5.41, 5.74) is 5.01. The third-order valence-electron chi connectivity index (χ3n) is 11.6. The predicted molar refractivity (Wildman–Crippen MR) is 257 cm³/mol. The Bertz CT molecular complexity index is 1760. The molecule has 0 amide bonds. The van der Waals surface area contributed by atoms with E-state index in [-0.39, 0.29) is 22.4 Å². The fourth-order valence-electron chi connectivity index (χ4n) is 7.60. The van der Waals surface area contributed by atoms with E-state index in [9.17, 15) is 9.59 Å². The molecule has 0 radical (unpaired) electrons. The van der Waals surface area contributed by atoms with Crippen LogP contribution in [0.25, 0.3) is 0 Å². The highest BCUT2D eigenvalue weighted by molar-refractivity contribution is 7.99. The van der Waals surface area contributed by atoms with E-state index < -0.39 is 0 Å². The molecule has 4 aromatic rings. The van der Waals surface area contributed by atoms with Gasteiger partial charge in [0, 0.05) is 36.6 Å². The van der Waals surface area contributed by atoms with Crippen LogP contribution in [-0.2, 0) is 19.3 Å². The molecule has 4 rings (SSSR count). The topological polar surface area (TPSA) is 34.1 Å². The number of benzene rings is 4. The Labute approximate surface area is 367 Å². The van der Waals surface area contributed by atoms with Gasteiger partial charge >= 0.3 is 0 Å². The standard InChI is InChI=1S/C53H72O2S3/c1-6-7-8-9-12-19-42-22-30-46(31-23-42)51(55)53(4,5)39-16-18-41-57-47-34-36-49(37-35-47)58-48-32-26-44(27-33-48)21-14-15-38-52(2,3)50(54)45-28-24-43(25-29-45)20-13-10-11-17-40-56/h22-37,56H,6-21,38-41H2,1-5H3. The van der Waals surface area contributed by atoms with Gasteiger partial charge in [0.1, 0.15) is 0 Å². The zero-order valence-electron chi connectivity index (χ0n) is 36.5. The molecule has 0 aliphatic rings. The van der Waals surface area contributed by atoms with E-state index in [1.807, 2.05) is 36.0 Å². The molecule has 0 fully saturated rings. The van der Waals surface area contributed by atoms with Crippen LogP contribution in [0.3, 0.4) is 0 Å².